The van der Waals surface area contributed by atoms with Crippen molar-refractivity contribution in [3.8, 4) is 11.5 Å². The van der Waals surface area contributed by atoms with Crippen LogP contribution in [0.3, 0.4) is 0 Å². The molecule has 234 valence electrons. The Morgan fingerprint density at radius 3 is 2.14 bits per heavy atom. The number of nitrogens with zero attached hydrogens (tertiary/aromatic N) is 1. The van der Waals surface area contributed by atoms with Gasteiger partial charge in [-0.05, 0) is 49.2 Å². The molecule has 0 fully saturated rings. The number of rotatable bonds is 15. The fourth-order valence-corrected chi connectivity index (χ4v) is 3.36. The number of carboxylic acid groups (broad SMARTS) is 1. The van der Waals surface area contributed by atoms with Crippen molar-refractivity contribution in [1.82, 2.24) is 4.90 Å². The fourth-order valence-electron chi connectivity index (χ4n) is 3.36. The number of hydrogen-bond donors (Lipinski definition) is 1. The molecular weight excluding hydrogens is 590 g/mol. The predicted octanol–water partition coefficient (Wildman–Crippen LogP) is 6.18. The summed E-state index contributed by atoms with van der Waals surface area (Å²) < 4.78 is 121. The number of carbonyl (C=O) groups is 2. The average Bonchev–Trinajstić information content (AvgIpc) is 2.89. The number of ether oxygens (including phenoxy) is 4. The molecule has 1 amide bonds. The van der Waals surface area contributed by atoms with Crippen LogP contribution in [0, 0.1) is 0 Å². The van der Waals surface area contributed by atoms with Gasteiger partial charge in [0.15, 0.2) is 6.10 Å². The van der Waals surface area contributed by atoms with Gasteiger partial charge in [-0.15, -0.1) is 0 Å². The molecule has 0 spiro atoms. The number of carboxylic acids is 1. The van der Waals surface area contributed by atoms with Crippen molar-refractivity contribution < 1.29 is 68.8 Å². The maximum Gasteiger partial charge on any atom is 0.482 e. The Kier molecular flexibility index (Phi) is 12.3. The Balaban J connectivity index is 2.03. The van der Waals surface area contributed by atoms with Crippen molar-refractivity contribution in [2.45, 2.75) is 44.3 Å². The second-order valence-corrected chi connectivity index (χ2v) is 8.58. The summed E-state index contributed by atoms with van der Waals surface area (Å²) in [6, 6.07) is 9.49. The van der Waals surface area contributed by atoms with Gasteiger partial charge in [0, 0.05) is 19.6 Å². The molecule has 1 atom stereocenters. The summed E-state index contributed by atoms with van der Waals surface area (Å²) >= 11 is 0. The highest BCUT2D eigenvalue weighted by atomic mass is 19.4. The van der Waals surface area contributed by atoms with Crippen molar-refractivity contribution in [2.24, 2.45) is 0 Å². The van der Waals surface area contributed by atoms with Crippen molar-refractivity contribution in [1.29, 1.82) is 0 Å². The molecule has 0 radical (unpaired) electrons. The molecule has 0 heterocycles. The van der Waals surface area contributed by atoms with E-state index >= 15 is 0 Å². The van der Waals surface area contributed by atoms with E-state index in [1.807, 2.05) is 0 Å². The zero-order valence-corrected chi connectivity index (χ0v) is 22.0. The molecule has 2 rings (SSSR count). The molecule has 16 heteroatoms. The molecule has 0 aliphatic rings. The summed E-state index contributed by atoms with van der Waals surface area (Å²) in [6.07, 6.45) is -18.8. The highest BCUT2D eigenvalue weighted by Gasteiger charge is 2.59. The van der Waals surface area contributed by atoms with Gasteiger partial charge in [0.2, 0.25) is 0 Å². The van der Waals surface area contributed by atoms with E-state index in [1.165, 1.54) is 12.1 Å². The SMILES string of the molecule is CCOC(Cc1ccc(OCCN(CCCOC(F)(F)C(F)(F)F)C(=O)Oc2cccc(C(F)(F)F)c2)cc1)C(=O)O. The summed E-state index contributed by atoms with van der Waals surface area (Å²) in [4.78, 5) is 24.7. The lowest BCUT2D eigenvalue weighted by Gasteiger charge is -2.23. The quantitative estimate of drug-likeness (QED) is 0.189. The van der Waals surface area contributed by atoms with Crippen LogP contribution in [-0.2, 0) is 26.9 Å². The predicted molar refractivity (Wildman–Crippen MR) is 129 cm³/mol. The zero-order chi connectivity index (χ0) is 31.6. The van der Waals surface area contributed by atoms with Crippen LogP contribution in [0.15, 0.2) is 48.5 Å². The van der Waals surface area contributed by atoms with Gasteiger partial charge in [0.05, 0.1) is 18.7 Å². The van der Waals surface area contributed by atoms with Crippen LogP contribution in [0.1, 0.15) is 24.5 Å². The van der Waals surface area contributed by atoms with Gasteiger partial charge in [-0.3, -0.25) is 0 Å². The summed E-state index contributed by atoms with van der Waals surface area (Å²) in [5, 5.41) is 9.19. The van der Waals surface area contributed by atoms with Gasteiger partial charge in [-0.1, -0.05) is 18.2 Å². The van der Waals surface area contributed by atoms with E-state index in [0.29, 0.717) is 11.6 Å². The number of benzene rings is 2. The van der Waals surface area contributed by atoms with Gasteiger partial charge in [0.25, 0.3) is 0 Å². The van der Waals surface area contributed by atoms with Crippen LogP contribution in [0.4, 0.5) is 39.9 Å². The minimum atomic E-state index is -5.95. The van der Waals surface area contributed by atoms with Gasteiger partial charge >= 0.3 is 30.5 Å². The molecule has 1 N–H and O–H groups in total. The molecule has 2 aromatic rings. The molecular formula is C26H27F8NO7. The van der Waals surface area contributed by atoms with E-state index in [9.17, 15) is 49.8 Å². The minimum absolute atomic E-state index is 0.0774. The highest BCUT2D eigenvalue weighted by Crippen LogP contribution is 2.36. The zero-order valence-electron chi connectivity index (χ0n) is 22.0. The van der Waals surface area contributed by atoms with Gasteiger partial charge < -0.3 is 29.0 Å². The molecule has 0 aromatic heterocycles. The first-order valence-electron chi connectivity index (χ1n) is 12.3. The number of carbonyl (C=O) groups excluding carboxylic acids is 1. The number of amides is 1. The second-order valence-electron chi connectivity index (χ2n) is 8.58. The summed E-state index contributed by atoms with van der Waals surface area (Å²) in [7, 11) is 0. The largest absolute Gasteiger partial charge is 0.492 e. The highest BCUT2D eigenvalue weighted by molar-refractivity contribution is 5.72. The number of halogens is 8. The molecule has 2 aromatic carbocycles. The summed E-state index contributed by atoms with van der Waals surface area (Å²) in [5.74, 6) is -1.34. The Morgan fingerprint density at radius 2 is 1.57 bits per heavy atom. The van der Waals surface area contributed by atoms with Gasteiger partial charge in [-0.25, -0.2) is 9.59 Å². The van der Waals surface area contributed by atoms with Crippen LogP contribution in [0.2, 0.25) is 0 Å². The molecule has 0 aliphatic carbocycles. The molecule has 0 bridgehead atoms. The van der Waals surface area contributed by atoms with Crippen LogP contribution in [-0.4, -0.2) is 73.4 Å². The summed E-state index contributed by atoms with van der Waals surface area (Å²) in [5.41, 5.74) is -0.491. The number of alkyl halides is 8. The van der Waals surface area contributed by atoms with Crippen LogP contribution in [0.25, 0.3) is 0 Å². The Bertz CT molecular complexity index is 1160. The summed E-state index contributed by atoms with van der Waals surface area (Å²) in [6.45, 7) is -0.282. The molecule has 0 aliphatic heterocycles. The van der Waals surface area contributed by atoms with E-state index < -0.39 is 67.5 Å². The topological polar surface area (TPSA) is 94.5 Å². The van der Waals surface area contributed by atoms with Crippen molar-refractivity contribution in [3.05, 3.63) is 59.7 Å². The second kappa shape index (κ2) is 15.0. The third-order valence-electron chi connectivity index (χ3n) is 5.43. The van der Waals surface area contributed by atoms with Crippen LogP contribution >= 0.6 is 0 Å². The third kappa shape index (κ3) is 11.0. The van der Waals surface area contributed by atoms with Crippen molar-refractivity contribution in [3.63, 3.8) is 0 Å². The standard InChI is InChI=1S/C26H27F8NO7/c1-2-39-21(22(36)37)15-17-7-9-19(10-8-17)40-14-12-35(11-4-13-41-26(33,34)25(30,31)32)23(38)42-20-6-3-5-18(16-20)24(27,28)29/h3,5-10,16,21H,2,4,11-15H2,1H3,(H,36,37). The maximum absolute atomic E-state index is 13.0. The van der Waals surface area contributed by atoms with Gasteiger partial charge in [-0.2, -0.15) is 35.1 Å². The van der Waals surface area contributed by atoms with E-state index in [2.05, 4.69) is 4.74 Å². The van der Waals surface area contributed by atoms with Gasteiger partial charge in [0.1, 0.15) is 18.1 Å². The Morgan fingerprint density at radius 1 is 0.905 bits per heavy atom. The first kappa shape index (κ1) is 34.5. The smallest absolute Gasteiger partial charge is 0.482 e. The lowest BCUT2D eigenvalue weighted by Crippen LogP contribution is -2.41. The van der Waals surface area contributed by atoms with Crippen LogP contribution in [0.5, 0.6) is 11.5 Å². The first-order valence-corrected chi connectivity index (χ1v) is 12.3. The molecule has 0 saturated carbocycles. The van der Waals surface area contributed by atoms with E-state index in [-0.39, 0.29) is 31.9 Å². The normalized spacial score (nSPS) is 13.0. The number of hydrogen-bond acceptors (Lipinski definition) is 6. The maximum atomic E-state index is 13.0. The Hall–Kier alpha value is -3.66. The van der Waals surface area contributed by atoms with E-state index in [4.69, 9.17) is 14.2 Å². The lowest BCUT2D eigenvalue weighted by molar-refractivity contribution is -0.391. The van der Waals surface area contributed by atoms with E-state index in [1.54, 1.807) is 19.1 Å². The van der Waals surface area contributed by atoms with Crippen molar-refractivity contribution >= 4 is 12.1 Å². The molecule has 1 unspecified atom stereocenters. The Labute approximate surface area is 234 Å². The van der Waals surface area contributed by atoms with Crippen molar-refractivity contribution in [2.75, 3.05) is 32.9 Å². The molecule has 42 heavy (non-hydrogen) atoms. The van der Waals surface area contributed by atoms with Crippen LogP contribution < -0.4 is 9.47 Å². The minimum Gasteiger partial charge on any atom is -0.492 e. The fraction of sp³-hybridized carbons (Fsp3) is 0.462. The monoisotopic (exact) mass is 617 g/mol. The average molecular weight is 617 g/mol. The molecule has 8 nitrogen and oxygen atoms in total. The first-order chi connectivity index (χ1) is 19.5. The van der Waals surface area contributed by atoms with E-state index in [0.717, 1.165) is 23.1 Å². The third-order valence-corrected chi connectivity index (χ3v) is 5.43. The molecule has 0 saturated heterocycles. The number of aliphatic carboxylic acids is 1. The lowest BCUT2D eigenvalue weighted by atomic mass is 10.1.